The van der Waals surface area contributed by atoms with Crippen LogP contribution in [-0.4, -0.2) is 5.43 Å². The molecule has 144 valence electrons. The smallest absolute Gasteiger partial charge is 0.0327 e. The van der Waals surface area contributed by atoms with Crippen LogP contribution in [0.15, 0.2) is 107 Å². The summed E-state index contributed by atoms with van der Waals surface area (Å²) >= 11 is 1.74. The number of rotatable bonds is 0. The van der Waals surface area contributed by atoms with Gasteiger partial charge < -0.3 is 24.8 Å². The van der Waals surface area contributed by atoms with Gasteiger partial charge >= 0.3 is 41.9 Å². The largest absolute Gasteiger partial charge is 1.00 e. The quantitative estimate of drug-likeness (QED) is 0.329. The summed E-state index contributed by atoms with van der Waals surface area (Å²) in [5.41, 5.74) is 5.40. The average Bonchev–Trinajstić information content (AvgIpc) is 3.16. The van der Waals surface area contributed by atoms with E-state index in [-0.39, 0.29) is 30.2 Å². The molecule has 0 bridgehead atoms. The van der Waals surface area contributed by atoms with Crippen molar-refractivity contribution in [2.24, 2.45) is 0 Å². The van der Waals surface area contributed by atoms with Gasteiger partial charge in [-0.15, -0.1) is 47.6 Å². The molecule has 0 aromatic carbocycles. The minimum atomic E-state index is 0. The molecule has 4 rings (SSSR count). The predicted molar refractivity (Wildman–Crippen MR) is 111 cm³/mol. The first-order valence-corrected chi connectivity index (χ1v) is 15.0. The van der Waals surface area contributed by atoms with E-state index in [9.17, 15) is 0 Å². The summed E-state index contributed by atoms with van der Waals surface area (Å²) in [5, 5.41) is 0. The zero-order chi connectivity index (χ0) is 18.6. The maximum Gasteiger partial charge on any atom is -0.0327 e. The van der Waals surface area contributed by atoms with Crippen molar-refractivity contribution in [1.82, 2.24) is 0 Å². The Hall–Kier alpha value is -0.920. The minimum Gasteiger partial charge on any atom is -1.00 e. The summed E-state index contributed by atoms with van der Waals surface area (Å²) < 4.78 is 0. The number of hydrogen-bond acceptors (Lipinski definition) is 0. The van der Waals surface area contributed by atoms with Crippen LogP contribution in [-0.2, 0) is 23.3 Å². The topological polar surface area (TPSA) is 0 Å². The van der Waals surface area contributed by atoms with Crippen molar-refractivity contribution in [3.63, 3.8) is 0 Å². The molecule has 0 aromatic heterocycles. The van der Waals surface area contributed by atoms with Gasteiger partial charge in [-0.05, 0) is 12.8 Å². The van der Waals surface area contributed by atoms with Crippen molar-refractivity contribution in [2.45, 2.75) is 25.9 Å². The zero-order valence-electron chi connectivity index (χ0n) is 16.3. The van der Waals surface area contributed by atoms with E-state index < -0.39 is 0 Å². The normalized spacial score (nSPS) is 17.0. The van der Waals surface area contributed by atoms with Crippen LogP contribution in [0.4, 0.5) is 0 Å². The summed E-state index contributed by atoms with van der Waals surface area (Å²) in [5.74, 6) is 0. The second-order valence-electron chi connectivity index (χ2n) is 6.19. The van der Waals surface area contributed by atoms with Gasteiger partial charge in [0, 0.05) is 0 Å². The second-order valence-corrected chi connectivity index (χ2v) is 15.6. The molecule has 0 fully saturated rings. The van der Waals surface area contributed by atoms with Gasteiger partial charge in [0.1, 0.15) is 0 Å². The maximum atomic E-state index is 3.24. The van der Waals surface area contributed by atoms with Crippen LogP contribution in [0.3, 0.4) is 0 Å². The van der Waals surface area contributed by atoms with Gasteiger partial charge in [-0.3, -0.25) is 0 Å². The Morgan fingerprint density at radius 1 is 0.714 bits per heavy atom. The van der Waals surface area contributed by atoms with E-state index in [1.165, 1.54) is 22.3 Å². The number of hydrogen-bond donors (Lipinski definition) is 0. The standard InChI is InChI=1S/2C11H9.C2H6Si.2ClH.Zr/c2*1-2-4-7-11-9-5-8-10(11)6-3-1;1-3-2;;;/h2*1-6,8H,9H2;1-2H3;2*1H;/q2*-1;;;;+2/p-2. The molecule has 4 aliphatic carbocycles. The van der Waals surface area contributed by atoms with E-state index >= 15 is 0 Å². The van der Waals surface area contributed by atoms with E-state index in [1.807, 2.05) is 36.5 Å². The van der Waals surface area contributed by atoms with Gasteiger partial charge in [0.05, 0.1) is 0 Å². The van der Waals surface area contributed by atoms with Gasteiger partial charge in [0.15, 0.2) is 0 Å². The molecular weight excluding hydrogens is 478 g/mol. The molecule has 4 aliphatic rings. The molecule has 0 aliphatic heterocycles. The molecule has 0 unspecified atom stereocenters. The van der Waals surface area contributed by atoms with Crippen LogP contribution < -0.4 is 24.8 Å². The average molecular weight is 503 g/mol. The molecule has 0 aromatic rings. The molecule has 0 radical (unpaired) electrons. The van der Waals surface area contributed by atoms with Crippen molar-refractivity contribution in [1.29, 1.82) is 0 Å². The molecular formula is C24H24Cl2SiZr-2. The molecule has 0 saturated heterocycles. The molecule has 0 spiro atoms. The van der Waals surface area contributed by atoms with Crippen molar-refractivity contribution in [3.8, 4) is 0 Å². The fourth-order valence-electron chi connectivity index (χ4n) is 2.50. The van der Waals surface area contributed by atoms with E-state index in [0.717, 1.165) is 12.8 Å². The number of allylic oxidation sites excluding steroid dienone is 20. The monoisotopic (exact) mass is 500 g/mol. The Kier molecular flexibility index (Phi) is 15.4. The van der Waals surface area contributed by atoms with Crippen LogP contribution in [0.5, 0.6) is 0 Å². The van der Waals surface area contributed by atoms with Crippen molar-refractivity contribution >= 4 is 5.43 Å². The van der Waals surface area contributed by atoms with Crippen LogP contribution in [0.25, 0.3) is 0 Å². The number of fused-ring (bicyclic) bond motifs is 2. The summed E-state index contributed by atoms with van der Waals surface area (Å²) in [4.78, 5) is 0. The fraction of sp³-hybridized carbons (Fsp3) is 0.167. The van der Waals surface area contributed by atoms with E-state index in [0.29, 0.717) is 0 Å². The maximum absolute atomic E-state index is 3.24. The minimum absolute atomic E-state index is 0. The van der Waals surface area contributed by atoms with E-state index in [4.69, 9.17) is 0 Å². The second kappa shape index (κ2) is 15.9. The first-order valence-electron chi connectivity index (χ1n) is 8.84. The molecule has 0 N–H and O–H groups in total. The van der Waals surface area contributed by atoms with Crippen molar-refractivity contribution in [3.05, 3.63) is 120 Å². The molecule has 0 heterocycles. The van der Waals surface area contributed by atoms with Gasteiger partial charge in [-0.25, -0.2) is 0 Å². The Morgan fingerprint density at radius 2 is 1.11 bits per heavy atom. The van der Waals surface area contributed by atoms with E-state index in [1.54, 1.807) is 23.3 Å². The van der Waals surface area contributed by atoms with Gasteiger partial charge in [0.25, 0.3) is 0 Å². The molecule has 0 nitrogen and oxygen atoms in total. The molecule has 0 atom stereocenters. The Morgan fingerprint density at radius 3 is 1.50 bits per heavy atom. The predicted octanol–water partition coefficient (Wildman–Crippen LogP) is 0.249. The van der Waals surface area contributed by atoms with Gasteiger partial charge in [-0.1, -0.05) is 24.3 Å². The summed E-state index contributed by atoms with van der Waals surface area (Å²) in [6, 6.07) is 0. The Labute approximate surface area is 197 Å². The Balaban J connectivity index is 0.000000415. The van der Waals surface area contributed by atoms with Crippen LogP contribution in [0.1, 0.15) is 12.8 Å². The van der Waals surface area contributed by atoms with Crippen LogP contribution in [0, 0.1) is 12.2 Å². The van der Waals surface area contributed by atoms with Crippen LogP contribution in [0.2, 0.25) is 13.1 Å². The first kappa shape index (κ1) is 27.1. The van der Waals surface area contributed by atoms with Crippen LogP contribution >= 0.6 is 0 Å². The summed E-state index contributed by atoms with van der Waals surface area (Å²) in [6.07, 6.45) is 37.5. The van der Waals surface area contributed by atoms with Gasteiger partial charge in [-0.2, -0.15) is 47.6 Å². The van der Waals surface area contributed by atoms with Crippen molar-refractivity contribution in [2.75, 3.05) is 0 Å². The van der Waals surface area contributed by atoms with E-state index in [2.05, 4.69) is 73.9 Å². The zero-order valence-corrected chi connectivity index (χ0v) is 21.2. The van der Waals surface area contributed by atoms with Gasteiger partial charge in [0.2, 0.25) is 0 Å². The molecule has 0 saturated carbocycles. The number of halogens is 2. The third-order valence-electron chi connectivity index (χ3n) is 3.64. The molecule has 0 amide bonds. The first-order chi connectivity index (χ1) is 12.7. The molecule has 4 heteroatoms. The molecule has 28 heavy (non-hydrogen) atoms. The summed E-state index contributed by atoms with van der Waals surface area (Å²) in [6.45, 7) is 4.62. The summed E-state index contributed by atoms with van der Waals surface area (Å²) in [7, 11) is 0. The third kappa shape index (κ3) is 10.6. The third-order valence-corrected chi connectivity index (χ3v) is 3.64. The SMILES string of the molecule is C[Si](C)=[Zr+2].[C-]1=C2CC=CC2=CC=CC=C1.[C-]1=C2CC=CC2=CC=CC=C1.[Cl-].[Cl-]. The van der Waals surface area contributed by atoms with Crippen molar-refractivity contribution < 1.29 is 48.1 Å². The Bertz CT molecular complexity index is 761. The fourth-order valence-corrected chi connectivity index (χ4v) is 2.50.